The summed E-state index contributed by atoms with van der Waals surface area (Å²) in [6.07, 6.45) is 6.88. The first-order valence-electron chi connectivity index (χ1n) is 9.30. The highest BCUT2D eigenvalue weighted by Gasteiger charge is 2.40. The Hall–Kier alpha value is -0.920. The summed E-state index contributed by atoms with van der Waals surface area (Å²) in [4.78, 5) is 13.7. The first-order chi connectivity index (χ1) is 11.9. The van der Waals surface area contributed by atoms with Crippen LogP contribution in [0.3, 0.4) is 0 Å². The van der Waals surface area contributed by atoms with Crippen molar-refractivity contribution >= 4 is 27.3 Å². The molecule has 1 N–H and O–H groups in total. The van der Waals surface area contributed by atoms with Crippen LogP contribution in [0.4, 0.5) is 0 Å². The van der Waals surface area contributed by atoms with Crippen molar-refractivity contribution in [2.45, 2.75) is 75.1 Å². The average Bonchev–Trinajstić information content (AvgIpc) is 3.25. The third kappa shape index (κ3) is 4.09. The highest BCUT2D eigenvalue weighted by atomic mass is 32.2. The minimum atomic E-state index is -3.57. The van der Waals surface area contributed by atoms with Crippen molar-refractivity contribution in [3.8, 4) is 0 Å². The molecule has 1 unspecified atom stereocenters. The molecule has 3 rings (SSSR count). The van der Waals surface area contributed by atoms with Gasteiger partial charge < -0.3 is 5.32 Å². The number of aryl methyl sites for hydroxylation is 1. The van der Waals surface area contributed by atoms with Gasteiger partial charge in [-0.15, -0.1) is 11.3 Å². The van der Waals surface area contributed by atoms with Crippen molar-refractivity contribution in [1.29, 1.82) is 0 Å². The van der Waals surface area contributed by atoms with Crippen LogP contribution in [0.15, 0.2) is 16.3 Å². The van der Waals surface area contributed by atoms with Gasteiger partial charge in [0, 0.05) is 17.5 Å². The molecule has 25 heavy (non-hydrogen) atoms. The Morgan fingerprint density at radius 1 is 1.24 bits per heavy atom. The standard InChI is InChI=1S/C18H28N2O3S2/c1-3-14-7-9-15(10-8-14)19-18(21)16-5-4-12-20(16)25(22,23)17-11-6-13(2)24-17/h6,11,14-16H,3-5,7-10,12H2,1-2H3,(H,19,21). The van der Waals surface area contributed by atoms with Crippen molar-refractivity contribution in [3.63, 3.8) is 0 Å². The summed E-state index contributed by atoms with van der Waals surface area (Å²) in [5.41, 5.74) is 0. The summed E-state index contributed by atoms with van der Waals surface area (Å²) in [6.45, 7) is 4.54. The minimum absolute atomic E-state index is 0.116. The van der Waals surface area contributed by atoms with Gasteiger partial charge in [-0.05, 0) is 63.5 Å². The normalized spacial score (nSPS) is 28.2. The van der Waals surface area contributed by atoms with Crippen LogP contribution in [-0.2, 0) is 14.8 Å². The second kappa shape index (κ2) is 7.76. The first kappa shape index (κ1) is 18.9. The van der Waals surface area contributed by atoms with E-state index >= 15 is 0 Å². The molecule has 0 radical (unpaired) electrons. The van der Waals surface area contributed by atoms with Gasteiger partial charge in [0.1, 0.15) is 10.3 Å². The van der Waals surface area contributed by atoms with Crippen molar-refractivity contribution in [3.05, 3.63) is 17.0 Å². The minimum Gasteiger partial charge on any atom is -0.352 e. The number of hydrogen-bond donors (Lipinski definition) is 1. The Labute approximate surface area is 154 Å². The maximum absolute atomic E-state index is 12.9. The second-order valence-electron chi connectivity index (χ2n) is 7.27. The van der Waals surface area contributed by atoms with Crippen LogP contribution in [0.5, 0.6) is 0 Å². The number of rotatable bonds is 5. The molecule has 1 amide bonds. The van der Waals surface area contributed by atoms with E-state index in [1.54, 1.807) is 6.07 Å². The number of amides is 1. The van der Waals surface area contributed by atoms with E-state index in [1.165, 1.54) is 22.1 Å². The van der Waals surface area contributed by atoms with E-state index in [2.05, 4.69) is 12.2 Å². The smallest absolute Gasteiger partial charge is 0.253 e. The number of nitrogens with zero attached hydrogens (tertiary/aromatic N) is 1. The zero-order valence-corrected chi connectivity index (χ0v) is 16.7. The van der Waals surface area contributed by atoms with Gasteiger partial charge in [-0.2, -0.15) is 4.31 Å². The number of thiophene rings is 1. The van der Waals surface area contributed by atoms with Crippen LogP contribution < -0.4 is 5.32 Å². The van der Waals surface area contributed by atoms with E-state index in [-0.39, 0.29) is 11.9 Å². The molecule has 1 atom stereocenters. The van der Waals surface area contributed by atoms with Crippen LogP contribution >= 0.6 is 11.3 Å². The molecule has 7 heteroatoms. The summed E-state index contributed by atoms with van der Waals surface area (Å²) < 4.78 is 27.5. The molecule has 1 aliphatic carbocycles. The van der Waals surface area contributed by atoms with Gasteiger partial charge in [0.05, 0.1) is 0 Å². The Balaban J connectivity index is 1.66. The molecule has 1 aliphatic heterocycles. The molecule has 140 valence electrons. The van der Waals surface area contributed by atoms with Crippen molar-refractivity contribution in [1.82, 2.24) is 9.62 Å². The van der Waals surface area contributed by atoms with Crippen LogP contribution in [0, 0.1) is 12.8 Å². The third-order valence-electron chi connectivity index (χ3n) is 5.56. The van der Waals surface area contributed by atoms with E-state index in [4.69, 9.17) is 0 Å². The van der Waals surface area contributed by atoms with Gasteiger partial charge in [-0.25, -0.2) is 8.42 Å². The molecule has 1 saturated carbocycles. The summed E-state index contributed by atoms with van der Waals surface area (Å²) in [5, 5.41) is 3.12. The number of nitrogens with one attached hydrogen (secondary N) is 1. The molecule has 1 aromatic rings. The third-order valence-corrected chi connectivity index (χ3v) is 8.93. The first-order valence-corrected chi connectivity index (χ1v) is 11.6. The maximum Gasteiger partial charge on any atom is 0.253 e. The molecule has 1 saturated heterocycles. The second-order valence-corrected chi connectivity index (χ2v) is 10.7. The quantitative estimate of drug-likeness (QED) is 0.847. The largest absolute Gasteiger partial charge is 0.352 e. The lowest BCUT2D eigenvalue weighted by Gasteiger charge is -2.30. The lowest BCUT2D eigenvalue weighted by atomic mass is 9.84. The molecular formula is C18H28N2O3S2. The van der Waals surface area contributed by atoms with Crippen molar-refractivity contribution < 1.29 is 13.2 Å². The van der Waals surface area contributed by atoms with E-state index in [9.17, 15) is 13.2 Å². The van der Waals surface area contributed by atoms with Crippen molar-refractivity contribution in [2.75, 3.05) is 6.54 Å². The fraction of sp³-hybridized carbons (Fsp3) is 0.722. The highest BCUT2D eigenvalue weighted by Crippen LogP contribution is 2.31. The van der Waals surface area contributed by atoms with Gasteiger partial charge in [0.25, 0.3) is 10.0 Å². The van der Waals surface area contributed by atoms with Gasteiger partial charge in [0.15, 0.2) is 0 Å². The molecule has 2 heterocycles. The predicted molar refractivity (Wildman–Crippen MR) is 100 cm³/mol. The summed E-state index contributed by atoms with van der Waals surface area (Å²) >= 11 is 1.27. The van der Waals surface area contributed by atoms with Crippen LogP contribution in [0.25, 0.3) is 0 Å². The molecule has 1 aromatic heterocycles. The molecular weight excluding hydrogens is 356 g/mol. The lowest BCUT2D eigenvalue weighted by Crippen LogP contribution is -2.49. The van der Waals surface area contributed by atoms with Gasteiger partial charge in [-0.3, -0.25) is 4.79 Å². The van der Waals surface area contributed by atoms with Crippen LogP contribution in [0.1, 0.15) is 56.7 Å². The monoisotopic (exact) mass is 384 g/mol. The summed E-state index contributed by atoms with van der Waals surface area (Å²) in [5.74, 6) is 0.660. The van der Waals surface area contributed by atoms with Gasteiger partial charge in [-0.1, -0.05) is 13.3 Å². The topological polar surface area (TPSA) is 66.5 Å². The van der Waals surface area contributed by atoms with E-state index in [0.717, 1.165) is 42.9 Å². The fourth-order valence-corrected chi connectivity index (χ4v) is 7.04. The SMILES string of the molecule is CCC1CCC(NC(=O)C2CCCN2S(=O)(=O)c2ccc(C)s2)CC1. The maximum atomic E-state index is 12.9. The number of hydrogen-bond acceptors (Lipinski definition) is 4. The van der Waals surface area contributed by atoms with E-state index in [1.807, 2.05) is 13.0 Å². The van der Waals surface area contributed by atoms with Gasteiger partial charge in [0.2, 0.25) is 5.91 Å². The number of carbonyl (C=O) groups is 1. The zero-order chi connectivity index (χ0) is 18.0. The molecule has 0 spiro atoms. The molecule has 0 aromatic carbocycles. The predicted octanol–water partition coefficient (Wildman–Crippen LogP) is 3.29. The Bertz CT molecular complexity index is 706. The van der Waals surface area contributed by atoms with E-state index < -0.39 is 16.1 Å². The Morgan fingerprint density at radius 3 is 2.56 bits per heavy atom. The van der Waals surface area contributed by atoms with Gasteiger partial charge >= 0.3 is 0 Å². The highest BCUT2D eigenvalue weighted by molar-refractivity contribution is 7.91. The number of sulfonamides is 1. The van der Waals surface area contributed by atoms with Crippen LogP contribution in [0.2, 0.25) is 0 Å². The lowest BCUT2D eigenvalue weighted by molar-refractivity contribution is -0.125. The molecule has 2 fully saturated rings. The Morgan fingerprint density at radius 2 is 1.96 bits per heavy atom. The molecule has 2 aliphatic rings. The van der Waals surface area contributed by atoms with Crippen LogP contribution in [-0.4, -0.2) is 37.3 Å². The average molecular weight is 385 g/mol. The molecule has 0 bridgehead atoms. The fourth-order valence-electron chi connectivity index (χ4n) is 3.97. The Kier molecular flexibility index (Phi) is 5.85. The van der Waals surface area contributed by atoms with Crippen molar-refractivity contribution in [2.24, 2.45) is 5.92 Å². The summed E-state index contributed by atoms with van der Waals surface area (Å²) in [6, 6.07) is 3.10. The van der Waals surface area contributed by atoms with E-state index in [0.29, 0.717) is 17.2 Å². The zero-order valence-electron chi connectivity index (χ0n) is 15.0. The summed E-state index contributed by atoms with van der Waals surface area (Å²) in [7, 11) is -3.57. The molecule has 5 nitrogen and oxygen atoms in total. The number of carbonyl (C=O) groups excluding carboxylic acids is 1.